The van der Waals surface area contributed by atoms with Gasteiger partial charge in [-0.3, -0.25) is 9.78 Å². The predicted molar refractivity (Wildman–Crippen MR) is 68.6 cm³/mol. The van der Waals surface area contributed by atoms with Crippen LogP contribution >= 0.6 is 0 Å². The van der Waals surface area contributed by atoms with Crippen LogP contribution in [0.25, 0.3) is 11.0 Å². The van der Waals surface area contributed by atoms with Crippen molar-refractivity contribution in [2.75, 3.05) is 5.73 Å². The van der Waals surface area contributed by atoms with E-state index in [1.165, 1.54) is 19.3 Å². The van der Waals surface area contributed by atoms with E-state index in [-0.39, 0.29) is 17.6 Å². The minimum absolute atomic E-state index is 0.112. The quantitative estimate of drug-likeness (QED) is 0.751. The van der Waals surface area contributed by atoms with E-state index in [2.05, 4.69) is 15.0 Å². The molecule has 1 aliphatic rings. The van der Waals surface area contributed by atoms with E-state index < -0.39 is 0 Å². The van der Waals surface area contributed by atoms with Gasteiger partial charge >= 0.3 is 0 Å². The van der Waals surface area contributed by atoms with Crippen LogP contribution in [0.5, 0.6) is 5.75 Å². The lowest BCUT2D eigenvalue weighted by Gasteiger charge is -2.22. The number of H-pyrrole nitrogens is 2. The molecule has 4 N–H and O–H groups in total. The molecular formula is C12H16N4O2. The summed E-state index contributed by atoms with van der Waals surface area (Å²) >= 11 is 0. The molecule has 1 aliphatic carbocycles. The van der Waals surface area contributed by atoms with Crippen LogP contribution in [0, 0.1) is 0 Å². The van der Waals surface area contributed by atoms with Gasteiger partial charge < -0.3 is 15.5 Å². The number of fused-ring (bicyclic) bond motifs is 1. The number of nitrogens with zero attached hydrogens (tertiary/aromatic N) is 1. The van der Waals surface area contributed by atoms with E-state index in [0.717, 1.165) is 12.8 Å². The summed E-state index contributed by atoms with van der Waals surface area (Å²) in [5.41, 5.74) is 6.21. The Hall–Kier alpha value is -1.98. The molecule has 0 amide bonds. The molecule has 0 aliphatic heterocycles. The third-order valence-corrected chi connectivity index (χ3v) is 3.36. The smallest absolute Gasteiger partial charge is 0.276 e. The van der Waals surface area contributed by atoms with Crippen LogP contribution in [0.4, 0.5) is 5.95 Å². The molecule has 0 spiro atoms. The lowest BCUT2D eigenvalue weighted by molar-refractivity contribution is 0.157. The predicted octanol–water partition coefficient (Wildman–Crippen LogP) is 1.54. The molecule has 1 fully saturated rings. The Balaban J connectivity index is 1.94. The summed E-state index contributed by atoms with van der Waals surface area (Å²) in [5.74, 6) is 0.732. The van der Waals surface area contributed by atoms with E-state index in [4.69, 9.17) is 10.5 Å². The zero-order valence-corrected chi connectivity index (χ0v) is 10.0. The number of anilines is 1. The summed E-state index contributed by atoms with van der Waals surface area (Å²) < 4.78 is 5.92. The number of aromatic nitrogens is 3. The molecule has 0 unspecified atom stereocenters. The second kappa shape index (κ2) is 4.36. The average Bonchev–Trinajstić information content (AvgIpc) is 2.74. The van der Waals surface area contributed by atoms with Crippen LogP contribution in [0.1, 0.15) is 32.1 Å². The molecule has 2 aromatic heterocycles. The maximum absolute atomic E-state index is 11.6. The molecular weight excluding hydrogens is 232 g/mol. The number of rotatable bonds is 2. The van der Waals surface area contributed by atoms with Crippen molar-refractivity contribution in [3.05, 3.63) is 16.6 Å². The Bertz CT molecular complexity index is 610. The minimum atomic E-state index is -0.268. The summed E-state index contributed by atoms with van der Waals surface area (Å²) in [6, 6.07) is 0. The van der Waals surface area contributed by atoms with Gasteiger partial charge in [0.2, 0.25) is 5.95 Å². The lowest BCUT2D eigenvalue weighted by Crippen LogP contribution is -2.19. The van der Waals surface area contributed by atoms with Crippen molar-refractivity contribution in [1.82, 2.24) is 15.0 Å². The number of aromatic amines is 2. The van der Waals surface area contributed by atoms with Gasteiger partial charge in [0.1, 0.15) is 11.0 Å². The Morgan fingerprint density at radius 3 is 2.89 bits per heavy atom. The van der Waals surface area contributed by atoms with Gasteiger partial charge in [-0.1, -0.05) is 6.42 Å². The molecule has 1 saturated carbocycles. The van der Waals surface area contributed by atoms with E-state index >= 15 is 0 Å². The molecule has 3 rings (SSSR count). The Morgan fingerprint density at radius 1 is 1.33 bits per heavy atom. The van der Waals surface area contributed by atoms with Gasteiger partial charge in [0, 0.05) is 6.20 Å². The number of nitrogens with two attached hydrogens (primary N) is 1. The molecule has 6 heteroatoms. The van der Waals surface area contributed by atoms with Crippen molar-refractivity contribution in [3.63, 3.8) is 0 Å². The van der Waals surface area contributed by atoms with E-state index in [0.29, 0.717) is 16.8 Å². The molecule has 2 aromatic rings. The van der Waals surface area contributed by atoms with Gasteiger partial charge in [-0.05, 0) is 25.7 Å². The SMILES string of the molecule is Nc1nc2c(OC3CCCCC3)c[nH]c2c(=O)[nH]1. The Morgan fingerprint density at radius 2 is 2.11 bits per heavy atom. The van der Waals surface area contributed by atoms with Crippen LogP contribution in [-0.4, -0.2) is 21.1 Å². The van der Waals surface area contributed by atoms with Crippen LogP contribution < -0.4 is 16.0 Å². The lowest BCUT2D eigenvalue weighted by atomic mass is 9.98. The van der Waals surface area contributed by atoms with Gasteiger partial charge in [0.25, 0.3) is 5.56 Å². The first-order chi connectivity index (χ1) is 8.74. The topological polar surface area (TPSA) is 96.8 Å². The van der Waals surface area contributed by atoms with Crippen molar-refractivity contribution in [2.45, 2.75) is 38.2 Å². The molecule has 6 nitrogen and oxygen atoms in total. The van der Waals surface area contributed by atoms with Crippen LogP contribution in [0.2, 0.25) is 0 Å². The Kier molecular flexibility index (Phi) is 2.70. The fourth-order valence-electron chi connectivity index (χ4n) is 2.46. The molecule has 0 saturated heterocycles. The summed E-state index contributed by atoms with van der Waals surface area (Å²) in [5, 5.41) is 0. The van der Waals surface area contributed by atoms with Crippen molar-refractivity contribution in [2.24, 2.45) is 0 Å². The van der Waals surface area contributed by atoms with Gasteiger partial charge in [0.15, 0.2) is 5.75 Å². The van der Waals surface area contributed by atoms with E-state index in [1.807, 2.05) is 0 Å². The van der Waals surface area contributed by atoms with E-state index in [9.17, 15) is 4.79 Å². The zero-order valence-electron chi connectivity index (χ0n) is 10.0. The highest BCUT2D eigenvalue weighted by atomic mass is 16.5. The molecule has 0 radical (unpaired) electrons. The average molecular weight is 248 g/mol. The van der Waals surface area contributed by atoms with Crippen LogP contribution in [0.3, 0.4) is 0 Å². The largest absolute Gasteiger partial charge is 0.487 e. The number of hydrogen-bond donors (Lipinski definition) is 3. The molecule has 2 heterocycles. The fourth-order valence-corrected chi connectivity index (χ4v) is 2.46. The molecule has 0 atom stereocenters. The maximum Gasteiger partial charge on any atom is 0.276 e. The summed E-state index contributed by atoms with van der Waals surface area (Å²) in [6.45, 7) is 0. The fraction of sp³-hybridized carbons (Fsp3) is 0.500. The van der Waals surface area contributed by atoms with Crippen LogP contribution in [0.15, 0.2) is 11.0 Å². The van der Waals surface area contributed by atoms with E-state index in [1.54, 1.807) is 6.20 Å². The third-order valence-electron chi connectivity index (χ3n) is 3.36. The van der Waals surface area contributed by atoms with Crippen LogP contribution in [-0.2, 0) is 0 Å². The normalized spacial score (nSPS) is 17.1. The first-order valence-electron chi connectivity index (χ1n) is 6.27. The first-order valence-corrected chi connectivity index (χ1v) is 6.27. The van der Waals surface area contributed by atoms with Gasteiger partial charge in [0.05, 0.1) is 6.10 Å². The van der Waals surface area contributed by atoms with Crippen molar-refractivity contribution in [3.8, 4) is 5.75 Å². The Labute approximate surface area is 104 Å². The summed E-state index contributed by atoms with van der Waals surface area (Å²) in [6.07, 6.45) is 7.70. The highest BCUT2D eigenvalue weighted by Crippen LogP contribution is 2.27. The van der Waals surface area contributed by atoms with Gasteiger partial charge in [-0.25, -0.2) is 4.98 Å². The number of ether oxygens (including phenoxy) is 1. The number of nitrogen functional groups attached to an aromatic ring is 1. The van der Waals surface area contributed by atoms with Crippen molar-refractivity contribution in [1.29, 1.82) is 0 Å². The summed E-state index contributed by atoms with van der Waals surface area (Å²) in [4.78, 5) is 21.1. The number of nitrogens with one attached hydrogen (secondary N) is 2. The van der Waals surface area contributed by atoms with Gasteiger partial charge in [-0.15, -0.1) is 0 Å². The number of hydrogen-bond acceptors (Lipinski definition) is 4. The zero-order chi connectivity index (χ0) is 12.5. The summed E-state index contributed by atoms with van der Waals surface area (Å²) in [7, 11) is 0. The highest BCUT2D eigenvalue weighted by molar-refractivity contribution is 5.81. The highest BCUT2D eigenvalue weighted by Gasteiger charge is 2.18. The van der Waals surface area contributed by atoms with Gasteiger partial charge in [-0.2, -0.15) is 0 Å². The minimum Gasteiger partial charge on any atom is -0.487 e. The third kappa shape index (κ3) is 1.94. The molecule has 18 heavy (non-hydrogen) atoms. The molecule has 96 valence electrons. The maximum atomic E-state index is 11.6. The second-order valence-corrected chi connectivity index (χ2v) is 4.71. The monoisotopic (exact) mass is 248 g/mol. The van der Waals surface area contributed by atoms with Crippen molar-refractivity contribution < 1.29 is 4.74 Å². The standard InChI is InChI=1S/C12H16N4O2/c13-12-15-9-8(6-14-10(9)11(17)16-12)18-7-4-2-1-3-5-7/h6-7,14H,1-5H2,(H3,13,15,16,17). The second-order valence-electron chi connectivity index (χ2n) is 4.71. The molecule has 0 bridgehead atoms. The van der Waals surface area contributed by atoms with Crippen molar-refractivity contribution >= 4 is 17.0 Å². The molecule has 0 aromatic carbocycles. The first kappa shape index (κ1) is 11.1.